The third-order valence-electron chi connectivity index (χ3n) is 0. The Balaban J connectivity index is -0.0000000800. The van der Waals surface area contributed by atoms with E-state index in [1.54, 1.807) is 0 Å². The zero-order valence-corrected chi connectivity index (χ0v) is 7.82. The van der Waals surface area contributed by atoms with E-state index >= 15 is 0 Å². The Morgan fingerprint density at radius 1 is 1.14 bits per heavy atom. The minimum Gasteiger partial charge on any atom is -0.822 e. The van der Waals surface area contributed by atoms with Crippen molar-refractivity contribution in [1.82, 2.24) is 0 Å². The van der Waals surface area contributed by atoms with Crippen molar-refractivity contribution in [2.45, 2.75) is 0 Å². The van der Waals surface area contributed by atoms with Gasteiger partial charge in [-0.2, -0.15) is 7.82 Å². The van der Waals surface area contributed by atoms with Crippen molar-refractivity contribution in [2.24, 2.45) is 0 Å². The van der Waals surface area contributed by atoms with E-state index in [0.29, 0.717) is 0 Å². The second kappa shape index (κ2) is 5.65. The largest absolute Gasteiger partial charge is 3.00 e. The zero-order chi connectivity index (χ0) is 4.50. The van der Waals surface area contributed by atoms with Crippen LogP contribution < -0.4 is 14.7 Å². The monoisotopic (exact) mass is 267 g/mol. The Kier molecular flexibility index (Phi) is 12.8. The normalized spacial score (nSPS) is 8.43. The van der Waals surface area contributed by atoms with Crippen LogP contribution in [0.1, 0.15) is 0 Å². The zero-order valence-electron chi connectivity index (χ0n) is 2.97. The van der Waals surface area contributed by atoms with Gasteiger partial charge in [0.15, 0.2) is 0 Å². The Labute approximate surface area is 69.9 Å². The van der Waals surface area contributed by atoms with Crippen molar-refractivity contribution in [3.8, 4) is 0 Å². The van der Waals surface area contributed by atoms with Gasteiger partial charge >= 0.3 is 24.4 Å². The van der Waals surface area contributed by atoms with E-state index in [2.05, 4.69) is 0 Å². The van der Waals surface area contributed by atoms with E-state index in [9.17, 15) is 0 Å². The van der Waals surface area contributed by atoms with Crippen LogP contribution >= 0.6 is 7.82 Å². The maximum absolute atomic E-state index is 8.55. The molecule has 0 aliphatic heterocycles. The summed E-state index contributed by atoms with van der Waals surface area (Å²) in [6, 6.07) is 0. The van der Waals surface area contributed by atoms with E-state index in [-0.39, 0.29) is 43.0 Å². The molecule has 7 heteroatoms. The molecule has 7 heavy (non-hydrogen) atoms. The van der Waals surface area contributed by atoms with Crippen LogP contribution in [0, 0.1) is 0 Å². The van der Waals surface area contributed by atoms with Crippen molar-refractivity contribution >= 4 is 32.3 Å². The first-order valence-electron chi connectivity index (χ1n) is 0.730. The van der Waals surface area contributed by atoms with Crippen LogP contribution in [0.3, 0.4) is 0 Å². The molecule has 0 unspecified atom stereocenters. The minimum atomic E-state index is -5.39. The second-order valence-corrected chi connectivity index (χ2v) is 1.34. The summed E-state index contributed by atoms with van der Waals surface area (Å²) < 4.78 is 8.55. The van der Waals surface area contributed by atoms with Crippen molar-refractivity contribution in [1.29, 1.82) is 0 Å². The van der Waals surface area contributed by atoms with Crippen molar-refractivity contribution in [3.63, 3.8) is 0 Å². The third kappa shape index (κ3) is 99.8. The average Bonchev–Trinajstić information content (AvgIpc) is 0.722. The van der Waals surface area contributed by atoms with E-state index in [0.717, 1.165) is 0 Å². The van der Waals surface area contributed by atoms with Gasteiger partial charge in [-0.05, 0) is 0 Å². The molecule has 0 rings (SSSR count). The first-order valence-corrected chi connectivity index (χ1v) is 2.19. The van der Waals surface area contributed by atoms with E-state index < -0.39 is 7.82 Å². The first kappa shape index (κ1) is 15.8. The smallest absolute Gasteiger partial charge is 0.822 e. The van der Waals surface area contributed by atoms with Gasteiger partial charge in [-0.25, -0.2) is 0 Å². The summed E-state index contributed by atoms with van der Waals surface area (Å²) in [4.78, 5) is 25.6. The average molecular weight is 268 g/mol. The molecule has 4 nitrogen and oxygen atoms in total. The maximum Gasteiger partial charge on any atom is 3.00 e. The van der Waals surface area contributed by atoms with E-state index in [1.165, 1.54) is 0 Å². The van der Waals surface area contributed by atoms with Gasteiger partial charge < -0.3 is 19.2 Å². The van der Waals surface area contributed by atoms with Crippen molar-refractivity contribution < 1.29 is 37.8 Å². The van der Waals surface area contributed by atoms with Crippen LogP contribution in [0.15, 0.2) is 0 Å². The van der Waals surface area contributed by atoms with Gasteiger partial charge in [-0.15, -0.1) is 0 Å². The molecule has 0 amide bonds. The minimum absolute atomic E-state index is 0. The molecule has 39 valence electrons. The SMILES string of the molecule is O=P([O-])([O-])[O-].[Sb+3].[V]. The summed E-state index contributed by atoms with van der Waals surface area (Å²) >= 11 is 0. The molecule has 0 saturated heterocycles. The Hall–Kier alpha value is 1.51. The van der Waals surface area contributed by atoms with E-state index in [4.69, 9.17) is 19.2 Å². The molecule has 0 aliphatic carbocycles. The van der Waals surface area contributed by atoms with Gasteiger partial charge in [0.1, 0.15) is 0 Å². The molecular weight excluding hydrogens is 268 g/mol. The number of hydrogen-bond acceptors (Lipinski definition) is 4. The molecule has 0 N–H and O–H groups in total. The summed E-state index contributed by atoms with van der Waals surface area (Å²) in [6.07, 6.45) is 0. The molecule has 0 heterocycles. The fourth-order valence-corrected chi connectivity index (χ4v) is 0. The summed E-state index contributed by atoms with van der Waals surface area (Å²) in [5.41, 5.74) is 0. The number of hydrogen-bond donors (Lipinski definition) is 0. The molecule has 0 saturated carbocycles. The molecule has 0 aromatic carbocycles. The number of rotatable bonds is 0. The van der Waals surface area contributed by atoms with E-state index in [1.807, 2.05) is 0 Å². The molecule has 0 aromatic rings. The first-order chi connectivity index (χ1) is 2.00. The van der Waals surface area contributed by atoms with Crippen molar-refractivity contribution in [3.05, 3.63) is 0 Å². The van der Waals surface area contributed by atoms with Gasteiger partial charge in [0.05, 0.1) is 0 Å². The van der Waals surface area contributed by atoms with Gasteiger partial charge in [0.25, 0.3) is 0 Å². The van der Waals surface area contributed by atoms with Crippen LogP contribution in [0.5, 0.6) is 0 Å². The summed E-state index contributed by atoms with van der Waals surface area (Å²) in [5.74, 6) is 0. The summed E-state index contributed by atoms with van der Waals surface area (Å²) in [7, 11) is -5.39. The fraction of sp³-hybridized carbons (Fsp3) is 0. The molecule has 0 fully saturated rings. The van der Waals surface area contributed by atoms with Crippen LogP contribution in [0.2, 0.25) is 0 Å². The third-order valence-corrected chi connectivity index (χ3v) is 0. The van der Waals surface area contributed by atoms with Crippen LogP contribution in [-0.2, 0) is 23.1 Å². The molecule has 0 atom stereocenters. The van der Waals surface area contributed by atoms with Gasteiger partial charge in [0.2, 0.25) is 0 Å². The van der Waals surface area contributed by atoms with Crippen LogP contribution in [0.25, 0.3) is 0 Å². The second-order valence-electron chi connectivity index (χ2n) is 0.447. The van der Waals surface area contributed by atoms with Gasteiger partial charge in [-0.1, -0.05) is 0 Å². The van der Waals surface area contributed by atoms with Crippen LogP contribution in [0.4, 0.5) is 0 Å². The Morgan fingerprint density at radius 2 is 1.14 bits per heavy atom. The topological polar surface area (TPSA) is 86.2 Å². The van der Waals surface area contributed by atoms with Gasteiger partial charge in [0, 0.05) is 18.6 Å². The Morgan fingerprint density at radius 3 is 1.14 bits per heavy atom. The summed E-state index contributed by atoms with van der Waals surface area (Å²) in [5, 5.41) is 0. The molecule has 3 radical (unpaired) electrons. The molecule has 0 aromatic heterocycles. The predicted molar refractivity (Wildman–Crippen MR) is 13.4 cm³/mol. The number of phosphoric acid groups is 1. The fourth-order valence-electron chi connectivity index (χ4n) is 0. The quantitative estimate of drug-likeness (QED) is 0.342. The molecule has 0 spiro atoms. The molecule has 0 bridgehead atoms. The molecular formula is O4PSbV. The maximum atomic E-state index is 8.55. The van der Waals surface area contributed by atoms with Crippen LogP contribution in [-0.4, -0.2) is 24.4 Å². The predicted octanol–water partition coefficient (Wildman–Crippen LogP) is -3.21. The van der Waals surface area contributed by atoms with Crippen molar-refractivity contribution in [2.75, 3.05) is 0 Å². The standard InChI is InChI=1S/H3O4P.Sb.V/c1-5(2,3)4;;/h(H3,1,2,3,4);;/q;+3;/p-3. The Bertz CT molecular complexity index is 57.8. The molecule has 0 aliphatic rings. The summed E-state index contributed by atoms with van der Waals surface area (Å²) in [6.45, 7) is 0. The van der Waals surface area contributed by atoms with Gasteiger partial charge in [-0.3, -0.25) is 0 Å².